The topological polar surface area (TPSA) is 256 Å². The number of alkyl carbamates (subject to hydrolysis) is 1. The van der Waals surface area contributed by atoms with E-state index in [0.717, 1.165) is 0 Å². The number of carbonyl (C=O) groups is 2. The Labute approximate surface area is 217 Å². The van der Waals surface area contributed by atoms with Gasteiger partial charge in [0.25, 0.3) is 0 Å². The van der Waals surface area contributed by atoms with Crippen LogP contribution in [0.5, 0.6) is 0 Å². The van der Waals surface area contributed by atoms with E-state index < -0.39 is 57.1 Å². The molecule has 1 fully saturated rings. The maximum absolute atomic E-state index is 12.3. The minimum Gasteiger partial charge on any atom is -0.450 e. The monoisotopic (exact) mass is 561 g/mol. The summed E-state index contributed by atoms with van der Waals surface area (Å²) < 4.78 is 33.4. The Kier molecular flexibility index (Phi) is 10.3. The fourth-order valence-corrected chi connectivity index (χ4v) is 4.32. The highest BCUT2D eigenvalue weighted by Gasteiger charge is 2.45. The summed E-state index contributed by atoms with van der Waals surface area (Å²) in [6.45, 7) is 1.78. The molecule has 0 aliphatic carbocycles. The van der Waals surface area contributed by atoms with Crippen LogP contribution in [0.15, 0.2) is 12.7 Å². The Morgan fingerprint density at radius 2 is 2.03 bits per heavy atom. The van der Waals surface area contributed by atoms with Crippen LogP contribution in [-0.2, 0) is 27.9 Å². The number of hydrogen-bond donors (Lipinski definition) is 6. The average Bonchev–Trinajstić information content (AvgIpc) is 3.42. The molecule has 3 heterocycles. The molecule has 0 radical (unpaired) electrons. The first-order valence-electron chi connectivity index (χ1n) is 11.9. The number of aromatic nitrogens is 4. The minimum atomic E-state index is -4.93. The molecule has 1 saturated heterocycles. The number of aliphatic hydroxyl groups is 2. The van der Waals surface area contributed by atoms with E-state index in [1.165, 1.54) is 17.2 Å². The molecule has 17 nitrogen and oxygen atoms in total. The normalized spacial score (nSPS) is 23.6. The second-order valence-electron chi connectivity index (χ2n) is 8.47. The molecule has 18 heteroatoms. The SMILES string of the molecule is CCCOC(=O)NCCCC[C@H](N)C(=O)OP(=O)(O)OC[C@H]1O[C@@H](n2cnc3c(N)ncnc32)[C@H](O)[C@@H]1O. The Hall–Kier alpha value is -2.92. The van der Waals surface area contributed by atoms with Crippen molar-refractivity contribution in [3.05, 3.63) is 12.7 Å². The standard InChI is InChI=1S/C20H32N7O10P/c1-2-7-34-20(31)23-6-4-3-5-11(21)19(30)37-38(32,33)35-8-12-14(28)15(29)18(36-12)27-10-26-13-16(22)24-9-25-17(13)27/h9-12,14-15,18,28-29H,2-8,21H2,1H3,(H,23,31)(H,32,33)(H2,22,24,25)/t11-,12+,14+,15+,18+/m0/s1. The minimum absolute atomic E-state index is 0.103. The summed E-state index contributed by atoms with van der Waals surface area (Å²) in [5.74, 6) is -1.06. The quantitative estimate of drug-likeness (QED) is 0.131. The molecule has 6 atom stereocenters. The smallest absolute Gasteiger partial charge is 0.450 e. The van der Waals surface area contributed by atoms with Crippen LogP contribution in [0.1, 0.15) is 38.8 Å². The van der Waals surface area contributed by atoms with Crippen LogP contribution in [0.4, 0.5) is 10.6 Å². The number of nitrogens with one attached hydrogen (secondary N) is 1. The van der Waals surface area contributed by atoms with Gasteiger partial charge in [0, 0.05) is 6.54 Å². The number of aliphatic hydroxyl groups excluding tert-OH is 2. The number of nitrogen functional groups attached to an aromatic ring is 1. The van der Waals surface area contributed by atoms with Crippen molar-refractivity contribution in [1.82, 2.24) is 24.8 Å². The van der Waals surface area contributed by atoms with E-state index in [9.17, 15) is 29.3 Å². The lowest BCUT2D eigenvalue weighted by molar-refractivity contribution is -0.138. The van der Waals surface area contributed by atoms with Crippen LogP contribution in [0, 0.1) is 0 Å². The van der Waals surface area contributed by atoms with Gasteiger partial charge in [-0.05, 0) is 25.7 Å². The Morgan fingerprint density at radius 1 is 1.26 bits per heavy atom. The molecule has 0 aromatic carbocycles. The number of rotatable bonds is 13. The summed E-state index contributed by atoms with van der Waals surface area (Å²) in [7, 11) is -4.93. The highest BCUT2D eigenvalue weighted by Crippen LogP contribution is 2.45. The Bertz CT molecular complexity index is 1150. The number of phosphoric acid groups is 1. The zero-order valence-electron chi connectivity index (χ0n) is 20.6. The zero-order chi connectivity index (χ0) is 27.9. The van der Waals surface area contributed by atoms with Crippen molar-refractivity contribution in [2.75, 3.05) is 25.5 Å². The van der Waals surface area contributed by atoms with Gasteiger partial charge in [-0.25, -0.2) is 29.1 Å². The first-order valence-corrected chi connectivity index (χ1v) is 13.3. The van der Waals surface area contributed by atoms with Crippen molar-refractivity contribution >= 4 is 36.9 Å². The summed E-state index contributed by atoms with van der Waals surface area (Å²) >= 11 is 0. The van der Waals surface area contributed by atoms with Crippen LogP contribution in [-0.4, -0.2) is 90.8 Å². The fraction of sp³-hybridized carbons (Fsp3) is 0.650. The summed E-state index contributed by atoms with van der Waals surface area (Å²) in [4.78, 5) is 45.3. The van der Waals surface area contributed by atoms with Crippen LogP contribution < -0.4 is 16.8 Å². The van der Waals surface area contributed by atoms with Crippen molar-refractivity contribution < 1.29 is 47.8 Å². The lowest BCUT2D eigenvalue weighted by Gasteiger charge is -2.18. The van der Waals surface area contributed by atoms with Gasteiger partial charge >= 0.3 is 19.9 Å². The molecule has 3 rings (SSSR count). The van der Waals surface area contributed by atoms with Crippen molar-refractivity contribution in [2.45, 2.75) is 63.2 Å². The van der Waals surface area contributed by atoms with E-state index in [2.05, 4.69) is 24.8 Å². The highest BCUT2D eigenvalue weighted by molar-refractivity contribution is 7.48. The van der Waals surface area contributed by atoms with E-state index in [1.54, 1.807) is 0 Å². The Balaban J connectivity index is 1.44. The summed E-state index contributed by atoms with van der Waals surface area (Å²) in [5, 5.41) is 23.3. The summed E-state index contributed by atoms with van der Waals surface area (Å²) in [6, 6.07) is -1.21. The van der Waals surface area contributed by atoms with Gasteiger partial charge in [0.15, 0.2) is 17.7 Å². The highest BCUT2D eigenvalue weighted by atomic mass is 31.2. The van der Waals surface area contributed by atoms with Crippen molar-refractivity contribution in [1.29, 1.82) is 0 Å². The van der Waals surface area contributed by atoms with Gasteiger partial charge in [0.05, 0.1) is 19.5 Å². The average molecular weight is 561 g/mol. The van der Waals surface area contributed by atoms with Gasteiger partial charge < -0.3 is 41.0 Å². The molecule has 38 heavy (non-hydrogen) atoms. The molecule has 1 amide bonds. The van der Waals surface area contributed by atoms with E-state index >= 15 is 0 Å². The molecule has 1 aliphatic heterocycles. The Morgan fingerprint density at radius 3 is 2.76 bits per heavy atom. The molecular weight excluding hydrogens is 529 g/mol. The number of fused-ring (bicyclic) bond motifs is 1. The molecular formula is C20H32N7O10P. The fourth-order valence-electron chi connectivity index (χ4n) is 3.57. The van der Waals surface area contributed by atoms with Gasteiger partial charge in [-0.2, -0.15) is 0 Å². The second-order valence-corrected chi connectivity index (χ2v) is 9.85. The number of imidazole rings is 1. The third-order valence-electron chi connectivity index (χ3n) is 5.56. The maximum atomic E-state index is 12.3. The number of phosphoric ester groups is 1. The summed E-state index contributed by atoms with van der Waals surface area (Å²) in [6.07, 6.45) is -1.78. The summed E-state index contributed by atoms with van der Waals surface area (Å²) in [5.41, 5.74) is 12.0. The van der Waals surface area contributed by atoms with Crippen molar-refractivity contribution in [2.24, 2.45) is 5.73 Å². The van der Waals surface area contributed by atoms with Crippen molar-refractivity contribution in [3.63, 3.8) is 0 Å². The van der Waals surface area contributed by atoms with Gasteiger partial charge in [-0.3, -0.25) is 14.0 Å². The van der Waals surface area contributed by atoms with E-state index in [0.29, 0.717) is 32.4 Å². The number of ether oxygens (including phenoxy) is 2. The molecule has 2 aromatic heterocycles. The van der Waals surface area contributed by atoms with Crippen LogP contribution in [0.2, 0.25) is 0 Å². The maximum Gasteiger partial charge on any atom is 0.529 e. The molecule has 0 saturated carbocycles. The molecule has 8 N–H and O–H groups in total. The van der Waals surface area contributed by atoms with Crippen LogP contribution >= 0.6 is 7.82 Å². The van der Waals surface area contributed by atoms with Crippen LogP contribution in [0.25, 0.3) is 11.2 Å². The number of hydrogen-bond acceptors (Lipinski definition) is 14. The van der Waals surface area contributed by atoms with Gasteiger partial charge in [-0.15, -0.1) is 0 Å². The molecule has 0 spiro atoms. The number of amides is 1. The number of carbonyl (C=O) groups excluding carboxylic acids is 2. The van der Waals surface area contributed by atoms with Gasteiger partial charge in [0.2, 0.25) is 0 Å². The lowest BCUT2D eigenvalue weighted by atomic mass is 10.1. The zero-order valence-corrected chi connectivity index (χ0v) is 21.5. The second kappa shape index (κ2) is 13.2. The lowest BCUT2D eigenvalue weighted by Crippen LogP contribution is -2.34. The number of anilines is 1. The van der Waals surface area contributed by atoms with Crippen molar-refractivity contribution in [3.8, 4) is 0 Å². The number of nitrogens with two attached hydrogens (primary N) is 2. The first kappa shape index (κ1) is 29.6. The predicted octanol–water partition coefficient (Wildman–Crippen LogP) is -0.678. The largest absolute Gasteiger partial charge is 0.529 e. The van der Waals surface area contributed by atoms with E-state index in [-0.39, 0.29) is 23.4 Å². The number of unbranched alkanes of at least 4 members (excludes halogenated alkanes) is 1. The van der Waals surface area contributed by atoms with E-state index in [1.807, 2.05) is 6.92 Å². The molecule has 1 aliphatic rings. The third kappa shape index (κ3) is 7.57. The molecule has 1 unspecified atom stereocenters. The van der Waals surface area contributed by atoms with E-state index in [4.69, 9.17) is 25.5 Å². The molecule has 212 valence electrons. The predicted molar refractivity (Wildman–Crippen MR) is 129 cm³/mol. The van der Waals surface area contributed by atoms with Crippen LogP contribution in [0.3, 0.4) is 0 Å². The number of nitrogens with zero attached hydrogens (tertiary/aromatic N) is 4. The van der Waals surface area contributed by atoms with Gasteiger partial charge in [-0.1, -0.05) is 6.92 Å². The molecule has 2 aromatic rings. The molecule has 0 bridgehead atoms. The third-order valence-corrected chi connectivity index (χ3v) is 6.44. The first-order chi connectivity index (χ1) is 18.0. The van der Waals surface area contributed by atoms with Gasteiger partial charge in [0.1, 0.15) is 36.2 Å².